The number of hydrogen-bond donors (Lipinski definition) is 0. The minimum absolute atomic E-state index is 0.959. The topological polar surface area (TPSA) is 48.5 Å². The third-order valence-electron chi connectivity index (χ3n) is 6.64. The second-order valence-corrected chi connectivity index (χ2v) is 8.51. The number of aromatic nitrogens is 5. The van der Waals surface area contributed by atoms with Gasteiger partial charge in [0.15, 0.2) is 0 Å². The minimum atomic E-state index is 0.959. The zero-order valence-corrected chi connectivity index (χ0v) is 17.6. The van der Waals surface area contributed by atoms with Gasteiger partial charge in [0.2, 0.25) is 0 Å². The molecule has 5 aromatic rings. The van der Waals surface area contributed by atoms with Crippen LogP contribution in [-0.2, 0) is 25.7 Å². The maximum absolute atomic E-state index is 5.20. The van der Waals surface area contributed by atoms with Gasteiger partial charge in [-0.1, -0.05) is 36.4 Å². The number of hydrogen-bond acceptors (Lipinski definition) is 3. The number of benzene rings is 2. The van der Waals surface area contributed by atoms with E-state index in [0.29, 0.717) is 0 Å². The summed E-state index contributed by atoms with van der Waals surface area (Å²) in [4.78, 5) is 5.20. The largest absolute Gasteiger partial charge is 0.256 e. The number of para-hydroxylation sites is 2. The van der Waals surface area contributed by atoms with E-state index >= 15 is 0 Å². The van der Waals surface area contributed by atoms with Crippen molar-refractivity contribution < 1.29 is 0 Å². The smallest absolute Gasteiger partial charge is 0.0791 e. The van der Waals surface area contributed by atoms with Crippen molar-refractivity contribution in [3.05, 3.63) is 102 Å². The summed E-state index contributed by atoms with van der Waals surface area (Å²) in [5.41, 5.74) is 11.8. The van der Waals surface area contributed by atoms with Crippen molar-refractivity contribution in [3.8, 4) is 33.9 Å². The SMILES string of the molecule is c1ccc(-n2ncc3c2-c2cc4c(nc2CC3)CCc2cnn(-c3ccccc3)c2-4)cc1. The fraction of sp³-hybridized carbons (Fsp3) is 0.148. The van der Waals surface area contributed by atoms with E-state index in [2.05, 4.69) is 64.0 Å². The van der Waals surface area contributed by atoms with E-state index in [-0.39, 0.29) is 0 Å². The molecule has 2 aliphatic rings. The summed E-state index contributed by atoms with van der Waals surface area (Å²) in [6, 6.07) is 23.1. The number of nitrogens with zero attached hydrogens (tertiary/aromatic N) is 5. The summed E-state index contributed by atoms with van der Waals surface area (Å²) in [7, 11) is 0. The molecule has 0 bridgehead atoms. The summed E-state index contributed by atoms with van der Waals surface area (Å²) in [6.07, 6.45) is 7.92. The van der Waals surface area contributed by atoms with Crippen molar-refractivity contribution >= 4 is 0 Å². The molecule has 0 radical (unpaired) electrons. The minimum Gasteiger partial charge on any atom is -0.256 e. The van der Waals surface area contributed by atoms with Crippen LogP contribution in [0.15, 0.2) is 79.1 Å². The van der Waals surface area contributed by atoms with Crippen LogP contribution in [0.2, 0.25) is 0 Å². The summed E-state index contributed by atoms with van der Waals surface area (Å²) in [5, 5.41) is 9.50. The van der Waals surface area contributed by atoms with Crippen molar-refractivity contribution in [2.45, 2.75) is 25.7 Å². The first-order chi connectivity index (χ1) is 15.9. The Hall–Kier alpha value is -3.99. The van der Waals surface area contributed by atoms with E-state index in [4.69, 9.17) is 15.2 Å². The van der Waals surface area contributed by atoms with Crippen LogP contribution in [0.25, 0.3) is 33.9 Å². The predicted octanol–water partition coefficient (Wildman–Crippen LogP) is 4.98. The van der Waals surface area contributed by atoms with Crippen molar-refractivity contribution in [3.63, 3.8) is 0 Å². The molecule has 3 heterocycles. The third kappa shape index (κ3) is 2.54. The molecule has 0 saturated carbocycles. The first-order valence-corrected chi connectivity index (χ1v) is 11.1. The maximum Gasteiger partial charge on any atom is 0.0791 e. The number of pyridine rings is 1. The zero-order chi connectivity index (χ0) is 21.1. The Balaban J connectivity index is 1.46. The van der Waals surface area contributed by atoms with Gasteiger partial charge in [-0.2, -0.15) is 10.2 Å². The lowest BCUT2D eigenvalue weighted by molar-refractivity contribution is 0.821. The Morgan fingerprint density at radius 3 is 1.50 bits per heavy atom. The molecule has 0 fully saturated rings. The van der Waals surface area contributed by atoms with Crippen molar-refractivity contribution in [2.24, 2.45) is 0 Å². The van der Waals surface area contributed by atoms with Gasteiger partial charge < -0.3 is 0 Å². The van der Waals surface area contributed by atoms with E-state index in [1.807, 2.05) is 24.5 Å². The highest BCUT2D eigenvalue weighted by Gasteiger charge is 2.29. The summed E-state index contributed by atoms with van der Waals surface area (Å²) >= 11 is 0. The fourth-order valence-electron chi connectivity index (χ4n) is 5.13. The van der Waals surface area contributed by atoms with E-state index in [1.165, 1.54) is 45.0 Å². The van der Waals surface area contributed by atoms with E-state index < -0.39 is 0 Å². The van der Waals surface area contributed by atoms with Crippen LogP contribution in [0.5, 0.6) is 0 Å². The van der Waals surface area contributed by atoms with Crippen molar-refractivity contribution in [1.82, 2.24) is 24.5 Å². The highest BCUT2D eigenvalue weighted by Crippen LogP contribution is 2.41. The van der Waals surface area contributed by atoms with E-state index in [1.54, 1.807) is 0 Å². The van der Waals surface area contributed by atoms with Gasteiger partial charge in [0.1, 0.15) is 0 Å². The van der Waals surface area contributed by atoms with Crippen LogP contribution in [0, 0.1) is 0 Å². The summed E-state index contributed by atoms with van der Waals surface area (Å²) in [5.74, 6) is 0. The Morgan fingerprint density at radius 1 is 0.562 bits per heavy atom. The number of rotatable bonds is 2. The zero-order valence-electron chi connectivity index (χ0n) is 17.6. The molecule has 0 saturated heterocycles. The fourth-order valence-corrected chi connectivity index (χ4v) is 5.13. The normalized spacial score (nSPS) is 13.8. The molecule has 32 heavy (non-hydrogen) atoms. The highest BCUT2D eigenvalue weighted by atomic mass is 15.3. The van der Waals surface area contributed by atoms with Crippen LogP contribution >= 0.6 is 0 Å². The lowest BCUT2D eigenvalue weighted by Gasteiger charge is -2.24. The Bertz CT molecular complexity index is 1350. The Morgan fingerprint density at radius 2 is 1.03 bits per heavy atom. The molecule has 0 unspecified atom stereocenters. The monoisotopic (exact) mass is 415 g/mol. The summed E-state index contributed by atoms with van der Waals surface area (Å²) in [6.45, 7) is 0. The molecular weight excluding hydrogens is 394 g/mol. The highest BCUT2D eigenvalue weighted by molar-refractivity contribution is 5.79. The molecule has 3 aromatic heterocycles. The van der Waals surface area contributed by atoms with Crippen LogP contribution < -0.4 is 0 Å². The van der Waals surface area contributed by atoms with Crippen molar-refractivity contribution in [2.75, 3.05) is 0 Å². The lowest BCUT2D eigenvalue weighted by Crippen LogP contribution is -2.14. The second-order valence-electron chi connectivity index (χ2n) is 8.51. The number of fused-ring (bicyclic) bond motifs is 6. The van der Waals surface area contributed by atoms with Gasteiger partial charge in [0, 0.05) is 11.1 Å². The van der Waals surface area contributed by atoms with Crippen LogP contribution in [0.4, 0.5) is 0 Å². The molecule has 0 amide bonds. The van der Waals surface area contributed by atoms with Gasteiger partial charge in [-0.15, -0.1) is 0 Å². The summed E-state index contributed by atoms with van der Waals surface area (Å²) < 4.78 is 4.14. The molecule has 0 N–H and O–H groups in total. The molecule has 0 spiro atoms. The van der Waals surface area contributed by atoms with E-state index in [9.17, 15) is 0 Å². The average molecular weight is 416 g/mol. The molecule has 0 atom stereocenters. The molecule has 7 rings (SSSR count). The predicted molar refractivity (Wildman–Crippen MR) is 124 cm³/mol. The molecule has 0 aliphatic heterocycles. The molecule has 5 heteroatoms. The third-order valence-corrected chi connectivity index (χ3v) is 6.64. The van der Waals surface area contributed by atoms with Gasteiger partial charge in [0.25, 0.3) is 0 Å². The van der Waals surface area contributed by atoms with Crippen LogP contribution in [0.3, 0.4) is 0 Å². The first-order valence-electron chi connectivity index (χ1n) is 11.1. The molecule has 2 aliphatic carbocycles. The van der Waals surface area contributed by atoms with Gasteiger partial charge >= 0.3 is 0 Å². The molecule has 5 nitrogen and oxygen atoms in total. The first kappa shape index (κ1) is 17.7. The average Bonchev–Trinajstić information content (AvgIpc) is 3.49. The van der Waals surface area contributed by atoms with Gasteiger partial charge in [-0.25, -0.2) is 9.36 Å². The Labute approximate surface area is 186 Å². The molecular formula is C27H21N5. The van der Waals surface area contributed by atoms with Gasteiger partial charge in [-0.3, -0.25) is 4.98 Å². The van der Waals surface area contributed by atoms with E-state index in [0.717, 1.165) is 37.1 Å². The van der Waals surface area contributed by atoms with Crippen LogP contribution in [-0.4, -0.2) is 24.5 Å². The van der Waals surface area contributed by atoms with Crippen molar-refractivity contribution in [1.29, 1.82) is 0 Å². The van der Waals surface area contributed by atoms with Gasteiger partial charge in [-0.05, 0) is 67.1 Å². The lowest BCUT2D eigenvalue weighted by atomic mass is 9.87. The number of aryl methyl sites for hydroxylation is 4. The Kier molecular flexibility index (Phi) is 3.73. The second kappa shape index (κ2) is 6.76. The standard InChI is InChI=1S/C27H21N5/c1-3-7-20(8-4-1)31-26-18(16-28-31)11-13-24-22(26)15-23-25(30-24)14-12-19-17-29-32(27(19)23)21-9-5-2-6-10-21/h1-10,15-17H,11-14H2. The quantitative estimate of drug-likeness (QED) is 0.408. The molecule has 154 valence electrons. The van der Waals surface area contributed by atoms with Gasteiger partial charge in [0.05, 0.1) is 46.5 Å². The maximum atomic E-state index is 5.20. The van der Waals surface area contributed by atoms with Crippen LogP contribution in [0.1, 0.15) is 22.5 Å². The molecule has 2 aromatic carbocycles.